The molecule has 1 N–H and O–H groups in total. The smallest absolute Gasteiger partial charge is 0.272 e. The molecule has 8 nitrogen and oxygen atoms in total. The molecule has 1 unspecified atom stereocenters. The van der Waals surface area contributed by atoms with Crippen LogP contribution in [0.25, 0.3) is 11.1 Å². The molecule has 1 aliphatic carbocycles. The number of oxazole rings is 1. The fraction of sp³-hybridized carbons (Fsp3) is 0.391. The Morgan fingerprint density at radius 2 is 1.94 bits per heavy atom. The maximum Gasteiger partial charge on any atom is 0.272 e. The van der Waals surface area contributed by atoms with Crippen molar-refractivity contribution in [3.05, 3.63) is 60.0 Å². The van der Waals surface area contributed by atoms with E-state index in [1.807, 2.05) is 48.5 Å². The molecule has 0 bridgehead atoms. The van der Waals surface area contributed by atoms with Gasteiger partial charge in [0.05, 0.1) is 6.04 Å². The van der Waals surface area contributed by atoms with Gasteiger partial charge in [-0.2, -0.15) is 0 Å². The zero-order valence-electron chi connectivity index (χ0n) is 17.4. The van der Waals surface area contributed by atoms with Crippen LogP contribution in [0.1, 0.15) is 56.5 Å². The first kappa shape index (κ1) is 21.3. The summed E-state index contributed by atoms with van der Waals surface area (Å²) in [5.41, 5.74) is 6.65. The van der Waals surface area contributed by atoms with E-state index in [0.29, 0.717) is 17.6 Å². The molecular weight excluding hydrogens is 398 g/mol. The minimum atomic E-state index is -0.630. The van der Waals surface area contributed by atoms with E-state index in [0.717, 1.165) is 42.3 Å². The van der Waals surface area contributed by atoms with Crippen LogP contribution in [-0.4, -0.2) is 21.3 Å². The van der Waals surface area contributed by atoms with Crippen molar-refractivity contribution in [3.63, 3.8) is 0 Å². The molecular formula is C23H26N3O5. The first-order valence-corrected chi connectivity index (χ1v) is 10.5. The van der Waals surface area contributed by atoms with E-state index in [1.165, 1.54) is 13.3 Å². The Morgan fingerprint density at radius 1 is 1.19 bits per heavy atom. The van der Waals surface area contributed by atoms with Crippen LogP contribution in [0.3, 0.4) is 0 Å². The summed E-state index contributed by atoms with van der Waals surface area (Å²) < 4.78 is 11.5. The van der Waals surface area contributed by atoms with E-state index >= 15 is 0 Å². The predicted molar refractivity (Wildman–Crippen MR) is 112 cm³/mol. The third kappa shape index (κ3) is 5.41. The van der Waals surface area contributed by atoms with Crippen molar-refractivity contribution in [2.45, 2.75) is 51.7 Å². The standard InChI is InChI=1S/C23H26N3O5/c1-16(27)26(28)31-25-23(17-7-3-2-4-8-17)18-11-13-19(14-12-18)29-15-22-24-20-9-5-6-10-21(20)30-22/h5-6,9-14,17,23,28H,2-4,7-8,15H2,1H3. The number of nitrogens with zero attached hydrogens (tertiary/aromatic N) is 3. The molecule has 8 heteroatoms. The quantitative estimate of drug-likeness (QED) is 0.415. The number of hydrogen-bond donors (Lipinski definition) is 1. The minimum Gasteiger partial charge on any atom is -0.484 e. The Bertz CT molecular complexity index is 965. The van der Waals surface area contributed by atoms with Crippen molar-refractivity contribution in [1.29, 1.82) is 0 Å². The van der Waals surface area contributed by atoms with Gasteiger partial charge in [0, 0.05) is 6.92 Å². The fourth-order valence-corrected chi connectivity index (χ4v) is 3.91. The number of para-hydroxylation sites is 2. The molecule has 4 rings (SSSR count). The Labute approximate surface area is 180 Å². The highest BCUT2D eigenvalue weighted by Gasteiger charge is 2.28. The molecule has 31 heavy (non-hydrogen) atoms. The van der Waals surface area contributed by atoms with Crippen molar-refractivity contribution in [3.8, 4) is 5.75 Å². The molecule has 163 valence electrons. The Kier molecular flexibility index (Phi) is 6.81. The summed E-state index contributed by atoms with van der Waals surface area (Å²) in [6.45, 7) is 1.43. The second kappa shape index (κ2) is 9.91. The second-order valence-electron chi connectivity index (χ2n) is 7.75. The Hall–Kier alpha value is -2.94. The minimum absolute atomic E-state index is 0.160. The van der Waals surface area contributed by atoms with Crippen LogP contribution >= 0.6 is 0 Å². The van der Waals surface area contributed by atoms with Gasteiger partial charge in [0.2, 0.25) is 5.89 Å². The number of carbonyl (C=O) groups is 1. The number of aromatic nitrogens is 1. The van der Waals surface area contributed by atoms with Crippen molar-refractivity contribution in [2.24, 2.45) is 5.92 Å². The van der Waals surface area contributed by atoms with E-state index in [2.05, 4.69) is 10.5 Å². The van der Waals surface area contributed by atoms with Crippen molar-refractivity contribution in [1.82, 2.24) is 15.7 Å². The number of hydrogen-bond acceptors (Lipinski definition) is 6. The summed E-state index contributed by atoms with van der Waals surface area (Å²) in [5.74, 6) is 0.859. The molecule has 1 radical (unpaired) electrons. The van der Waals surface area contributed by atoms with Crippen LogP contribution in [0.4, 0.5) is 0 Å². The number of rotatable bonds is 8. The number of benzene rings is 2. The highest BCUT2D eigenvalue weighted by atomic mass is 17.0. The first-order chi connectivity index (χ1) is 15.1. The molecule has 1 saturated carbocycles. The Morgan fingerprint density at radius 3 is 2.65 bits per heavy atom. The fourth-order valence-electron chi connectivity index (χ4n) is 3.91. The SMILES string of the molecule is CC(=O)N(O)O[N]C(c1ccc(OCc2nc3ccccc3o2)cc1)C1CCCCC1. The summed E-state index contributed by atoms with van der Waals surface area (Å²) in [6, 6.07) is 14.9. The lowest BCUT2D eigenvalue weighted by molar-refractivity contribution is -0.351. The second-order valence-corrected chi connectivity index (χ2v) is 7.75. The van der Waals surface area contributed by atoms with Gasteiger partial charge in [-0.1, -0.05) is 54.2 Å². The largest absolute Gasteiger partial charge is 0.484 e. The van der Waals surface area contributed by atoms with Crippen LogP contribution in [0.5, 0.6) is 5.75 Å². The van der Waals surface area contributed by atoms with Crippen molar-refractivity contribution in [2.75, 3.05) is 0 Å². The normalized spacial score (nSPS) is 15.7. The monoisotopic (exact) mass is 424 g/mol. The summed E-state index contributed by atoms with van der Waals surface area (Å²) in [5, 5.41) is 9.69. The van der Waals surface area contributed by atoms with Gasteiger partial charge >= 0.3 is 0 Å². The van der Waals surface area contributed by atoms with E-state index in [9.17, 15) is 10.0 Å². The van der Waals surface area contributed by atoms with Gasteiger partial charge in [-0.15, -0.1) is 4.94 Å². The maximum absolute atomic E-state index is 11.2. The zero-order valence-corrected chi connectivity index (χ0v) is 17.4. The average molecular weight is 424 g/mol. The van der Waals surface area contributed by atoms with Crippen molar-refractivity contribution < 1.29 is 24.1 Å². The molecule has 1 fully saturated rings. The van der Waals surface area contributed by atoms with Gasteiger partial charge in [-0.05, 0) is 48.6 Å². The molecule has 0 aliphatic heterocycles. The molecule has 0 spiro atoms. The van der Waals surface area contributed by atoms with Crippen molar-refractivity contribution >= 4 is 17.0 Å². The van der Waals surface area contributed by atoms with Gasteiger partial charge in [0.15, 0.2) is 12.2 Å². The molecule has 1 aromatic heterocycles. The van der Waals surface area contributed by atoms with Crippen LogP contribution in [-0.2, 0) is 16.3 Å². The van der Waals surface area contributed by atoms with Gasteiger partial charge in [0.1, 0.15) is 11.3 Å². The lowest BCUT2D eigenvalue weighted by Crippen LogP contribution is -2.33. The van der Waals surface area contributed by atoms with E-state index < -0.39 is 5.91 Å². The lowest BCUT2D eigenvalue weighted by atomic mass is 9.81. The van der Waals surface area contributed by atoms with E-state index in [1.54, 1.807) is 0 Å². The number of fused-ring (bicyclic) bond motifs is 1. The third-order valence-corrected chi connectivity index (χ3v) is 5.53. The maximum atomic E-state index is 11.2. The molecule has 0 saturated heterocycles. The summed E-state index contributed by atoms with van der Waals surface area (Å²) in [7, 11) is 0. The number of amides is 1. The van der Waals surface area contributed by atoms with Crippen LogP contribution < -0.4 is 10.2 Å². The third-order valence-electron chi connectivity index (χ3n) is 5.53. The molecule has 1 heterocycles. The number of carbonyl (C=O) groups excluding carboxylic acids is 1. The Balaban J connectivity index is 1.41. The molecule has 1 aliphatic rings. The molecule has 1 amide bonds. The van der Waals surface area contributed by atoms with Gasteiger partial charge in [-0.25, -0.2) is 4.98 Å². The van der Waals surface area contributed by atoms with Gasteiger partial charge in [0.25, 0.3) is 5.91 Å². The highest BCUT2D eigenvalue weighted by molar-refractivity contribution is 5.72. The number of ether oxygens (including phenoxy) is 1. The molecule has 1 atom stereocenters. The topological polar surface area (TPSA) is 99.1 Å². The van der Waals surface area contributed by atoms with Crippen LogP contribution in [0, 0.1) is 5.92 Å². The number of hydroxylamine groups is 3. The lowest BCUT2D eigenvalue weighted by Gasteiger charge is -2.29. The van der Waals surface area contributed by atoms with Crippen LogP contribution in [0.2, 0.25) is 0 Å². The summed E-state index contributed by atoms with van der Waals surface area (Å²) in [6.07, 6.45) is 5.54. The molecule has 3 aromatic rings. The predicted octanol–water partition coefficient (Wildman–Crippen LogP) is 4.72. The average Bonchev–Trinajstić information content (AvgIpc) is 3.22. The van der Waals surface area contributed by atoms with Gasteiger partial charge in [-0.3, -0.25) is 10.0 Å². The molecule has 2 aromatic carbocycles. The first-order valence-electron chi connectivity index (χ1n) is 10.5. The summed E-state index contributed by atoms with van der Waals surface area (Å²) in [4.78, 5) is 20.6. The zero-order chi connectivity index (χ0) is 21.6. The van der Waals surface area contributed by atoms with E-state index in [4.69, 9.17) is 14.1 Å². The highest BCUT2D eigenvalue weighted by Crippen LogP contribution is 2.36. The van der Waals surface area contributed by atoms with Crippen LogP contribution in [0.15, 0.2) is 52.9 Å². The van der Waals surface area contributed by atoms with Gasteiger partial charge < -0.3 is 9.15 Å². The van der Waals surface area contributed by atoms with E-state index in [-0.39, 0.29) is 17.9 Å². The summed E-state index contributed by atoms with van der Waals surface area (Å²) >= 11 is 0.